The zero-order valence-electron chi connectivity index (χ0n) is 20.8. The normalized spacial score (nSPS) is 27.3. The number of carbonyl (C=O) groups is 1. The molecule has 3 aromatic rings. The minimum atomic E-state index is -6.05. The van der Waals surface area contributed by atoms with Crippen LogP contribution in [-0.2, 0) is 30.9 Å². The third kappa shape index (κ3) is 3.81. The molecular formula is C26H22F3NO9S. The van der Waals surface area contributed by atoms with E-state index in [1.807, 2.05) is 0 Å². The summed E-state index contributed by atoms with van der Waals surface area (Å²) in [6.07, 6.45) is -1.25. The number of pyridine rings is 1. The SMILES string of the molecule is COC(=O)[C@H]1[C@@H](O)[C@@]2(O)c3ncc(OS(=O)(=O)C(F)(F)F)cc3O[C@@]2(c2ccc(OC)cc2)[C@@H]1c1ccccc1. The number of rotatable bonds is 6. The number of benzene rings is 2. The van der Waals surface area contributed by atoms with Gasteiger partial charge in [0, 0.05) is 12.0 Å². The summed E-state index contributed by atoms with van der Waals surface area (Å²) in [5, 5.41) is 24.0. The van der Waals surface area contributed by atoms with Crippen LogP contribution in [0.1, 0.15) is 22.7 Å². The Morgan fingerprint density at radius 3 is 2.27 bits per heavy atom. The second kappa shape index (κ2) is 9.35. The van der Waals surface area contributed by atoms with Crippen molar-refractivity contribution in [1.29, 1.82) is 0 Å². The molecule has 1 aromatic heterocycles. The van der Waals surface area contributed by atoms with Gasteiger partial charge in [0.25, 0.3) is 0 Å². The van der Waals surface area contributed by atoms with Crippen molar-refractivity contribution in [1.82, 2.24) is 4.98 Å². The summed E-state index contributed by atoms with van der Waals surface area (Å²) < 4.78 is 82.7. The Labute approximate surface area is 226 Å². The molecule has 212 valence electrons. The molecular weight excluding hydrogens is 559 g/mol. The molecule has 14 heteroatoms. The van der Waals surface area contributed by atoms with Crippen molar-refractivity contribution in [3.8, 4) is 17.2 Å². The van der Waals surface area contributed by atoms with E-state index in [4.69, 9.17) is 14.2 Å². The van der Waals surface area contributed by atoms with E-state index >= 15 is 0 Å². The molecule has 0 amide bonds. The van der Waals surface area contributed by atoms with Crippen LogP contribution in [0.4, 0.5) is 13.2 Å². The summed E-state index contributed by atoms with van der Waals surface area (Å²) >= 11 is 0. The highest BCUT2D eigenvalue weighted by Crippen LogP contribution is 2.68. The fourth-order valence-electron chi connectivity index (χ4n) is 5.59. The Kier molecular flexibility index (Phi) is 6.47. The van der Waals surface area contributed by atoms with E-state index in [1.54, 1.807) is 42.5 Å². The van der Waals surface area contributed by atoms with Crippen LogP contribution < -0.4 is 13.7 Å². The molecule has 0 bridgehead atoms. The molecule has 2 aromatic carbocycles. The van der Waals surface area contributed by atoms with Crippen molar-refractivity contribution in [2.75, 3.05) is 14.2 Å². The lowest BCUT2D eigenvalue weighted by Crippen LogP contribution is -2.52. The second-order valence-corrected chi connectivity index (χ2v) is 10.8. The van der Waals surface area contributed by atoms with E-state index in [1.165, 1.54) is 19.2 Å². The number of carbonyl (C=O) groups excluding carboxylic acids is 1. The van der Waals surface area contributed by atoms with Gasteiger partial charge in [-0.1, -0.05) is 42.5 Å². The number of hydrogen-bond acceptors (Lipinski definition) is 10. The van der Waals surface area contributed by atoms with Crippen molar-refractivity contribution < 1.29 is 55.0 Å². The Balaban J connectivity index is 1.76. The van der Waals surface area contributed by atoms with Crippen LogP contribution in [0.2, 0.25) is 0 Å². The molecule has 5 atom stereocenters. The van der Waals surface area contributed by atoms with E-state index in [0.29, 0.717) is 17.5 Å². The second-order valence-electron chi connectivity index (χ2n) is 9.22. The standard InChI is InChI=1S/C26H22F3NO9S/c1-36-16-10-8-15(9-11-16)25-20(14-6-4-3-5-7-14)19(23(32)37-2)22(31)24(25,33)21-18(38-25)12-17(13-30-21)39-40(34,35)26(27,28)29/h3-13,19-20,22,31,33H,1-2H3/t19-,20-,22-,24+,25+/m1/s1. The first kappa shape index (κ1) is 27.7. The van der Waals surface area contributed by atoms with Crippen LogP contribution in [0.15, 0.2) is 66.9 Å². The molecule has 0 radical (unpaired) electrons. The number of aromatic nitrogens is 1. The third-order valence-corrected chi connectivity index (χ3v) is 8.21. The molecule has 1 aliphatic carbocycles. The zero-order chi connectivity index (χ0) is 29.1. The number of methoxy groups -OCH3 is 2. The number of aliphatic hydroxyl groups is 2. The number of hydrogen-bond donors (Lipinski definition) is 2. The Bertz CT molecular complexity index is 1550. The molecule has 40 heavy (non-hydrogen) atoms. The first-order valence-corrected chi connectivity index (χ1v) is 13.1. The summed E-state index contributed by atoms with van der Waals surface area (Å²) in [7, 11) is -3.49. The lowest BCUT2D eigenvalue weighted by atomic mass is 9.71. The van der Waals surface area contributed by atoms with Gasteiger partial charge in [-0.15, -0.1) is 0 Å². The molecule has 0 spiro atoms. The topological polar surface area (TPSA) is 141 Å². The van der Waals surface area contributed by atoms with E-state index in [-0.39, 0.29) is 17.0 Å². The number of halogens is 3. The van der Waals surface area contributed by atoms with Gasteiger partial charge in [-0.05, 0) is 23.3 Å². The largest absolute Gasteiger partial charge is 0.534 e. The highest BCUT2D eigenvalue weighted by molar-refractivity contribution is 7.88. The molecule has 0 saturated heterocycles. The number of aliphatic hydroxyl groups excluding tert-OH is 1. The number of fused-ring (bicyclic) bond motifs is 3. The first-order chi connectivity index (χ1) is 18.8. The minimum Gasteiger partial charge on any atom is -0.497 e. The van der Waals surface area contributed by atoms with Crippen LogP contribution in [0, 0.1) is 5.92 Å². The van der Waals surface area contributed by atoms with Crippen molar-refractivity contribution in [3.63, 3.8) is 0 Å². The predicted octanol–water partition coefficient (Wildman–Crippen LogP) is 2.74. The lowest BCUT2D eigenvalue weighted by molar-refractivity contribution is -0.162. The molecule has 2 heterocycles. The van der Waals surface area contributed by atoms with Gasteiger partial charge in [-0.2, -0.15) is 21.6 Å². The Morgan fingerprint density at radius 2 is 1.70 bits per heavy atom. The van der Waals surface area contributed by atoms with Crippen LogP contribution in [0.5, 0.6) is 17.2 Å². The smallest absolute Gasteiger partial charge is 0.497 e. The van der Waals surface area contributed by atoms with Gasteiger partial charge in [-0.3, -0.25) is 9.78 Å². The van der Waals surface area contributed by atoms with Crippen molar-refractivity contribution in [3.05, 3.63) is 83.7 Å². The van der Waals surface area contributed by atoms with Gasteiger partial charge in [0.1, 0.15) is 23.3 Å². The summed E-state index contributed by atoms with van der Waals surface area (Å²) in [5.41, 5.74) is -9.84. The van der Waals surface area contributed by atoms with E-state index in [0.717, 1.165) is 13.2 Å². The first-order valence-electron chi connectivity index (χ1n) is 11.7. The molecule has 1 aliphatic heterocycles. The van der Waals surface area contributed by atoms with Gasteiger partial charge < -0.3 is 28.6 Å². The number of alkyl halides is 3. The van der Waals surface area contributed by atoms with Crippen molar-refractivity contribution in [2.24, 2.45) is 5.92 Å². The maximum absolute atomic E-state index is 13.1. The molecule has 1 fully saturated rings. The average molecular weight is 582 g/mol. The molecule has 10 nitrogen and oxygen atoms in total. The van der Waals surface area contributed by atoms with Crippen LogP contribution >= 0.6 is 0 Å². The van der Waals surface area contributed by atoms with E-state index in [9.17, 15) is 36.6 Å². The van der Waals surface area contributed by atoms with Gasteiger partial charge in [0.2, 0.25) is 0 Å². The quantitative estimate of drug-likeness (QED) is 0.254. The van der Waals surface area contributed by atoms with Crippen molar-refractivity contribution in [2.45, 2.75) is 28.7 Å². The molecule has 0 unspecified atom stereocenters. The van der Waals surface area contributed by atoms with E-state index < -0.39 is 56.5 Å². The summed E-state index contributed by atoms with van der Waals surface area (Å²) in [6.45, 7) is 0. The fraction of sp³-hybridized carbons (Fsp3) is 0.308. The summed E-state index contributed by atoms with van der Waals surface area (Å²) in [6, 6.07) is 15.3. The average Bonchev–Trinajstić information content (AvgIpc) is 3.30. The predicted molar refractivity (Wildman–Crippen MR) is 130 cm³/mol. The minimum absolute atomic E-state index is 0.249. The van der Waals surface area contributed by atoms with Crippen LogP contribution in [0.25, 0.3) is 0 Å². The Morgan fingerprint density at radius 1 is 1.05 bits per heavy atom. The maximum atomic E-state index is 13.1. The molecule has 1 saturated carbocycles. The Hall–Kier alpha value is -3.88. The highest BCUT2D eigenvalue weighted by Gasteiger charge is 2.78. The monoisotopic (exact) mass is 581 g/mol. The molecule has 2 N–H and O–H groups in total. The van der Waals surface area contributed by atoms with Gasteiger partial charge >= 0.3 is 21.6 Å². The van der Waals surface area contributed by atoms with Crippen LogP contribution in [0.3, 0.4) is 0 Å². The third-order valence-electron chi connectivity index (χ3n) is 7.23. The van der Waals surface area contributed by atoms with Crippen molar-refractivity contribution >= 4 is 16.1 Å². The number of nitrogens with zero attached hydrogens (tertiary/aromatic N) is 1. The number of esters is 1. The van der Waals surface area contributed by atoms with E-state index in [2.05, 4.69) is 9.17 Å². The zero-order valence-corrected chi connectivity index (χ0v) is 21.6. The molecule has 5 rings (SSSR count). The fourth-order valence-corrected chi connectivity index (χ4v) is 6.03. The summed E-state index contributed by atoms with van der Waals surface area (Å²) in [4.78, 5) is 17.1. The molecule has 2 aliphatic rings. The van der Waals surface area contributed by atoms with Gasteiger partial charge in [0.05, 0.1) is 26.3 Å². The maximum Gasteiger partial charge on any atom is 0.534 e. The highest BCUT2D eigenvalue weighted by atomic mass is 32.2. The van der Waals surface area contributed by atoms with Gasteiger partial charge in [0.15, 0.2) is 17.0 Å². The van der Waals surface area contributed by atoms with Gasteiger partial charge in [-0.25, -0.2) is 0 Å². The van der Waals surface area contributed by atoms with Crippen LogP contribution in [-0.4, -0.2) is 55.4 Å². The lowest BCUT2D eigenvalue weighted by Gasteiger charge is -2.40. The summed E-state index contributed by atoms with van der Waals surface area (Å²) in [5.74, 6) is -4.16. The number of ether oxygens (including phenoxy) is 3.